The Morgan fingerprint density at radius 3 is 2.29 bits per heavy atom. The SMILES string of the molecule is COC(=O)c1ccc2cc(COC(=O)N3CCN(C(=O)CN)CC3)ccc2c1. The summed E-state index contributed by atoms with van der Waals surface area (Å²) in [6.45, 7) is 1.91. The summed E-state index contributed by atoms with van der Waals surface area (Å²) in [5.41, 5.74) is 6.70. The van der Waals surface area contributed by atoms with Crippen LogP contribution in [0.1, 0.15) is 15.9 Å². The zero-order valence-electron chi connectivity index (χ0n) is 15.7. The van der Waals surface area contributed by atoms with Gasteiger partial charge in [0.1, 0.15) is 6.61 Å². The van der Waals surface area contributed by atoms with Gasteiger partial charge in [0, 0.05) is 26.2 Å². The van der Waals surface area contributed by atoms with Crippen molar-refractivity contribution in [2.75, 3.05) is 39.8 Å². The van der Waals surface area contributed by atoms with E-state index in [1.165, 1.54) is 7.11 Å². The molecule has 0 spiro atoms. The Morgan fingerprint density at radius 2 is 1.61 bits per heavy atom. The van der Waals surface area contributed by atoms with Gasteiger partial charge >= 0.3 is 12.1 Å². The number of rotatable bonds is 4. The van der Waals surface area contributed by atoms with Gasteiger partial charge in [0.25, 0.3) is 0 Å². The predicted molar refractivity (Wildman–Crippen MR) is 103 cm³/mol. The predicted octanol–water partition coefficient (Wildman–Crippen LogP) is 1.37. The minimum absolute atomic E-state index is 0.0203. The molecule has 1 heterocycles. The first-order chi connectivity index (χ1) is 13.5. The number of amides is 2. The Hall–Kier alpha value is -3.13. The fourth-order valence-electron chi connectivity index (χ4n) is 3.13. The molecule has 2 N–H and O–H groups in total. The number of hydrogen-bond donors (Lipinski definition) is 1. The number of benzene rings is 2. The van der Waals surface area contributed by atoms with E-state index >= 15 is 0 Å². The third kappa shape index (κ3) is 4.40. The van der Waals surface area contributed by atoms with E-state index in [1.54, 1.807) is 21.9 Å². The van der Waals surface area contributed by atoms with E-state index in [4.69, 9.17) is 15.2 Å². The van der Waals surface area contributed by atoms with Crippen molar-refractivity contribution in [3.8, 4) is 0 Å². The monoisotopic (exact) mass is 385 g/mol. The van der Waals surface area contributed by atoms with Crippen molar-refractivity contribution >= 4 is 28.7 Å². The number of nitrogens with two attached hydrogens (primary N) is 1. The topological polar surface area (TPSA) is 102 Å². The number of hydrogen-bond acceptors (Lipinski definition) is 6. The summed E-state index contributed by atoms with van der Waals surface area (Å²) < 4.78 is 10.1. The molecule has 1 aliphatic rings. The van der Waals surface area contributed by atoms with Crippen LogP contribution in [0.25, 0.3) is 10.8 Å². The van der Waals surface area contributed by atoms with Crippen molar-refractivity contribution in [3.05, 3.63) is 47.5 Å². The number of ether oxygens (including phenoxy) is 2. The van der Waals surface area contributed by atoms with Crippen LogP contribution >= 0.6 is 0 Å². The van der Waals surface area contributed by atoms with Crippen LogP contribution < -0.4 is 5.73 Å². The lowest BCUT2D eigenvalue weighted by atomic mass is 10.0. The summed E-state index contributed by atoms with van der Waals surface area (Å²) in [5, 5.41) is 1.84. The van der Waals surface area contributed by atoms with Gasteiger partial charge in [-0.15, -0.1) is 0 Å². The Kier molecular flexibility index (Phi) is 6.10. The highest BCUT2D eigenvalue weighted by atomic mass is 16.6. The second-order valence-corrected chi connectivity index (χ2v) is 6.51. The van der Waals surface area contributed by atoms with Crippen molar-refractivity contribution in [2.45, 2.75) is 6.61 Å². The van der Waals surface area contributed by atoms with Gasteiger partial charge in [0.15, 0.2) is 0 Å². The summed E-state index contributed by atoms with van der Waals surface area (Å²) in [6, 6.07) is 10.9. The molecular weight excluding hydrogens is 362 g/mol. The van der Waals surface area contributed by atoms with Crippen molar-refractivity contribution in [1.82, 2.24) is 9.80 Å². The molecule has 148 valence electrons. The summed E-state index contributed by atoms with van der Waals surface area (Å²) >= 11 is 0. The lowest BCUT2D eigenvalue weighted by Gasteiger charge is -2.33. The number of fused-ring (bicyclic) bond motifs is 1. The van der Waals surface area contributed by atoms with Crippen LogP contribution in [-0.2, 0) is 20.9 Å². The average Bonchev–Trinajstić information content (AvgIpc) is 2.75. The van der Waals surface area contributed by atoms with E-state index in [0.717, 1.165) is 16.3 Å². The number of carbonyl (C=O) groups is 3. The molecule has 0 radical (unpaired) electrons. The third-order valence-corrected chi connectivity index (χ3v) is 4.75. The smallest absolute Gasteiger partial charge is 0.410 e. The van der Waals surface area contributed by atoms with Gasteiger partial charge in [0.2, 0.25) is 5.91 Å². The molecule has 1 aliphatic heterocycles. The molecule has 0 unspecified atom stereocenters. The first kappa shape index (κ1) is 19.6. The van der Waals surface area contributed by atoms with E-state index in [-0.39, 0.29) is 25.0 Å². The number of esters is 1. The van der Waals surface area contributed by atoms with E-state index in [1.807, 2.05) is 24.3 Å². The normalized spacial score (nSPS) is 14.1. The molecule has 0 aliphatic carbocycles. The van der Waals surface area contributed by atoms with Crippen LogP contribution in [0.3, 0.4) is 0 Å². The van der Waals surface area contributed by atoms with Crippen LogP contribution in [0.4, 0.5) is 4.79 Å². The summed E-state index contributed by atoms with van der Waals surface area (Å²) in [7, 11) is 1.35. The zero-order chi connectivity index (χ0) is 20.1. The zero-order valence-corrected chi connectivity index (χ0v) is 15.7. The fraction of sp³-hybridized carbons (Fsp3) is 0.350. The molecule has 8 nitrogen and oxygen atoms in total. The standard InChI is InChI=1S/C20H23N3O5/c1-27-19(25)17-5-4-15-10-14(2-3-16(15)11-17)13-28-20(26)23-8-6-22(7-9-23)18(24)12-21/h2-5,10-11H,6-9,12-13,21H2,1H3. The van der Waals surface area contributed by atoms with Gasteiger partial charge in [-0.05, 0) is 34.5 Å². The van der Waals surface area contributed by atoms with Crippen molar-refractivity contribution in [1.29, 1.82) is 0 Å². The van der Waals surface area contributed by atoms with Crippen LogP contribution in [0, 0.1) is 0 Å². The van der Waals surface area contributed by atoms with Crippen LogP contribution in [0.5, 0.6) is 0 Å². The molecular formula is C20H23N3O5. The first-order valence-corrected chi connectivity index (χ1v) is 9.02. The maximum Gasteiger partial charge on any atom is 0.410 e. The van der Waals surface area contributed by atoms with Gasteiger partial charge in [-0.3, -0.25) is 4.79 Å². The molecule has 2 aromatic rings. The summed E-state index contributed by atoms with van der Waals surface area (Å²) in [5.74, 6) is -0.493. The number of piperazine rings is 1. The Morgan fingerprint density at radius 1 is 0.964 bits per heavy atom. The van der Waals surface area contributed by atoms with Crippen molar-refractivity contribution < 1.29 is 23.9 Å². The van der Waals surface area contributed by atoms with Crippen molar-refractivity contribution in [3.63, 3.8) is 0 Å². The molecule has 8 heteroatoms. The number of carbonyl (C=O) groups excluding carboxylic acids is 3. The highest BCUT2D eigenvalue weighted by molar-refractivity contribution is 5.95. The minimum atomic E-state index is -0.402. The average molecular weight is 385 g/mol. The Balaban J connectivity index is 1.57. The lowest BCUT2D eigenvalue weighted by molar-refractivity contribution is -0.131. The van der Waals surface area contributed by atoms with Gasteiger partial charge in [-0.2, -0.15) is 0 Å². The number of methoxy groups -OCH3 is 1. The second-order valence-electron chi connectivity index (χ2n) is 6.51. The van der Waals surface area contributed by atoms with E-state index in [2.05, 4.69) is 0 Å². The highest BCUT2D eigenvalue weighted by Gasteiger charge is 2.24. The molecule has 0 aromatic heterocycles. The van der Waals surface area contributed by atoms with Gasteiger partial charge in [0.05, 0.1) is 19.2 Å². The third-order valence-electron chi connectivity index (χ3n) is 4.75. The molecule has 0 bridgehead atoms. The minimum Gasteiger partial charge on any atom is -0.465 e. The van der Waals surface area contributed by atoms with E-state index in [9.17, 15) is 14.4 Å². The molecule has 0 saturated carbocycles. The molecule has 2 amide bonds. The second kappa shape index (κ2) is 8.71. The van der Waals surface area contributed by atoms with E-state index < -0.39 is 6.09 Å². The maximum atomic E-state index is 12.3. The molecule has 1 fully saturated rings. The number of nitrogens with zero attached hydrogens (tertiary/aromatic N) is 2. The van der Waals surface area contributed by atoms with Crippen molar-refractivity contribution in [2.24, 2.45) is 5.73 Å². The molecule has 1 saturated heterocycles. The summed E-state index contributed by atoms with van der Waals surface area (Å²) in [4.78, 5) is 38.7. The van der Waals surface area contributed by atoms with E-state index in [0.29, 0.717) is 31.7 Å². The lowest BCUT2D eigenvalue weighted by Crippen LogP contribution is -2.52. The summed E-state index contributed by atoms with van der Waals surface area (Å²) in [6.07, 6.45) is -0.402. The Labute approximate surface area is 162 Å². The Bertz CT molecular complexity index is 891. The molecule has 2 aromatic carbocycles. The molecule has 28 heavy (non-hydrogen) atoms. The quantitative estimate of drug-likeness (QED) is 0.798. The first-order valence-electron chi connectivity index (χ1n) is 9.02. The largest absolute Gasteiger partial charge is 0.465 e. The van der Waals surface area contributed by atoms with Gasteiger partial charge in [-0.25, -0.2) is 9.59 Å². The van der Waals surface area contributed by atoms with Gasteiger partial charge < -0.3 is 25.0 Å². The molecule has 0 atom stereocenters. The van der Waals surface area contributed by atoms with Crippen LogP contribution in [-0.4, -0.2) is 67.6 Å². The van der Waals surface area contributed by atoms with Crippen LogP contribution in [0.2, 0.25) is 0 Å². The maximum absolute atomic E-state index is 12.3. The fourth-order valence-corrected chi connectivity index (χ4v) is 3.13. The van der Waals surface area contributed by atoms with Gasteiger partial charge in [-0.1, -0.05) is 18.2 Å². The highest BCUT2D eigenvalue weighted by Crippen LogP contribution is 2.19. The molecule has 3 rings (SSSR count). The van der Waals surface area contributed by atoms with Crippen LogP contribution in [0.15, 0.2) is 36.4 Å².